The van der Waals surface area contributed by atoms with Gasteiger partial charge in [0.15, 0.2) is 0 Å². The predicted octanol–water partition coefficient (Wildman–Crippen LogP) is 3.90. The Morgan fingerprint density at radius 3 is 2.81 bits per heavy atom. The Balaban J connectivity index is 1.91. The third-order valence-corrected chi connectivity index (χ3v) is 4.22. The first kappa shape index (κ1) is 15.7. The van der Waals surface area contributed by atoms with E-state index in [0.717, 1.165) is 9.37 Å². The summed E-state index contributed by atoms with van der Waals surface area (Å²) in [6.07, 6.45) is 0. The van der Waals surface area contributed by atoms with E-state index in [-0.39, 0.29) is 5.56 Å². The molecule has 2 aromatic carbocycles. The van der Waals surface area contributed by atoms with Crippen LogP contribution in [0.15, 0.2) is 51.8 Å². The van der Waals surface area contributed by atoms with Crippen molar-refractivity contribution >= 4 is 39.3 Å². The highest BCUT2D eigenvalue weighted by Crippen LogP contribution is 2.28. The van der Waals surface area contributed by atoms with Gasteiger partial charge < -0.3 is 15.6 Å². The molecule has 0 aromatic heterocycles. The Morgan fingerprint density at radius 2 is 2.05 bits per heavy atom. The summed E-state index contributed by atoms with van der Waals surface area (Å²) in [6.45, 7) is 0.404. The van der Waals surface area contributed by atoms with Crippen molar-refractivity contribution in [3.05, 3.63) is 52.5 Å². The molecule has 4 nitrogen and oxygen atoms in total. The van der Waals surface area contributed by atoms with Crippen LogP contribution in [0.2, 0.25) is 0 Å². The minimum absolute atomic E-state index is 0.171. The molecule has 0 spiro atoms. The number of rotatable bonds is 6. The molecule has 0 saturated carbocycles. The molecule has 0 aliphatic rings. The van der Waals surface area contributed by atoms with Crippen molar-refractivity contribution in [2.24, 2.45) is 0 Å². The maximum Gasteiger partial charge on any atom is 0.339 e. The van der Waals surface area contributed by atoms with Gasteiger partial charge in [0.2, 0.25) is 0 Å². The molecule has 0 bridgehead atoms. The molecule has 3 N–H and O–H groups in total. The van der Waals surface area contributed by atoms with Crippen LogP contribution in [0, 0.1) is 0 Å². The third-order valence-electron chi connectivity index (χ3n) is 2.69. The average Bonchev–Trinajstić information content (AvgIpc) is 2.47. The van der Waals surface area contributed by atoms with Crippen LogP contribution in [0.4, 0.5) is 5.69 Å². The van der Waals surface area contributed by atoms with E-state index in [0.29, 0.717) is 23.8 Å². The molecule has 2 aromatic rings. The van der Waals surface area contributed by atoms with Crippen LogP contribution >= 0.6 is 27.7 Å². The zero-order valence-electron chi connectivity index (χ0n) is 11.1. The highest BCUT2D eigenvalue weighted by Gasteiger charge is 2.10. The summed E-state index contributed by atoms with van der Waals surface area (Å²) in [5, 5.41) is 9.06. The number of anilines is 1. The van der Waals surface area contributed by atoms with Gasteiger partial charge in [-0.2, -0.15) is 0 Å². The molecule has 0 fully saturated rings. The molecular formula is C15H14BrNO3S. The van der Waals surface area contributed by atoms with Gasteiger partial charge in [0.05, 0.1) is 6.61 Å². The first-order chi connectivity index (χ1) is 10.1. The van der Waals surface area contributed by atoms with Gasteiger partial charge in [0.1, 0.15) is 11.3 Å². The van der Waals surface area contributed by atoms with Gasteiger partial charge in [0.25, 0.3) is 0 Å². The lowest BCUT2D eigenvalue weighted by molar-refractivity contribution is 0.0692. The van der Waals surface area contributed by atoms with Crippen LogP contribution in [0.1, 0.15) is 10.4 Å². The lowest BCUT2D eigenvalue weighted by atomic mass is 10.2. The number of carboxylic acid groups (broad SMARTS) is 1. The summed E-state index contributed by atoms with van der Waals surface area (Å²) in [4.78, 5) is 12.0. The Morgan fingerprint density at radius 1 is 1.29 bits per heavy atom. The van der Waals surface area contributed by atoms with Crippen molar-refractivity contribution in [2.75, 3.05) is 18.1 Å². The number of aromatic carboxylic acids is 1. The molecule has 2 rings (SSSR count). The van der Waals surface area contributed by atoms with E-state index in [9.17, 15) is 4.79 Å². The minimum Gasteiger partial charge on any atom is -0.492 e. The zero-order valence-corrected chi connectivity index (χ0v) is 13.5. The SMILES string of the molecule is Nc1ccc(Br)cc1SCCOc1ccccc1C(=O)O. The normalized spacial score (nSPS) is 10.3. The van der Waals surface area contributed by atoms with Crippen molar-refractivity contribution in [3.63, 3.8) is 0 Å². The molecule has 6 heteroatoms. The summed E-state index contributed by atoms with van der Waals surface area (Å²) < 4.78 is 6.50. The van der Waals surface area contributed by atoms with Gasteiger partial charge in [-0.1, -0.05) is 28.1 Å². The molecular weight excluding hydrogens is 354 g/mol. The monoisotopic (exact) mass is 367 g/mol. The fraction of sp³-hybridized carbons (Fsp3) is 0.133. The summed E-state index contributed by atoms with van der Waals surface area (Å²) in [6, 6.07) is 12.3. The van der Waals surface area contributed by atoms with E-state index in [1.165, 1.54) is 6.07 Å². The van der Waals surface area contributed by atoms with Crippen LogP contribution in [-0.2, 0) is 0 Å². The fourth-order valence-corrected chi connectivity index (χ4v) is 3.05. The number of nitrogens with two attached hydrogens (primary N) is 1. The highest BCUT2D eigenvalue weighted by molar-refractivity contribution is 9.10. The summed E-state index contributed by atoms with van der Waals surface area (Å²) in [5.41, 5.74) is 6.77. The first-order valence-corrected chi connectivity index (χ1v) is 7.98. The fourth-order valence-electron chi connectivity index (χ4n) is 1.71. The predicted molar refractivity (Wildman–Crippen MR) is 88.2 cm³/mol. The second kappa shape index (κ2) is 7.38. The van der Waals surface area contributed by atoms with Gasteiger partial charge in [-0.25, -0.2) is 4.79 Å². The van der Waals surface area contributed by atoms with Gasteiger partial charge >= 0.3 is 5.97 Å². The molecule has 21 heavy (non-hydrogen) atoms. The molecule has 0 atom stereocenters. The molecule has 0 aliphatic heterocycles. The van der Waals surface area contributed by atoms with E-state index in [1.807, 2.05) is 18.2 Å². The summed E-state index contributed by atoms with van der Waals surface area (Å²) in [7, 11) is 0. The maximum absolute atomic E-state index is 11.1. The second-order valence-electron chi connectivity index (χ2n) is 4.18. The lowest BCUT2D eigenvalue weighted by Crippen LogP contribution is -2.06. The molecule has 0 amide bonds. The lowest BCUT2D eigenvalue weighted by Gasteiger charge is -2.09. The van der Waals surface area contributed by atoms with E-state index in [4.69, 9.17) is 15.6 Å². The molecule has 0 saturated heterocycles. The first-order valence-electron chi connectivity index (χ1n) is 6.21. The Bertz CT molecular complexity index is 649. The zero-order chi connectivity index (χ0) is 15.2. The van der Waals surface area contributed by atoms with Crippen molar-refractivity contribution in [3.8, 4) is 5.75 Å². The van der Waals surface area contributed by atoms with Gasteiger partial charge in [-0.05, 0) is 30.3 Å². The summed E-state index contributed by atoms with van der Waals surface area (Å²) in [5.74, 6) is 0.0662. The minimum atomic E-state index is -0.991. The quantitative estimate of drug-likeness (QED) is 0.460. The Labute approximate surface area is 135 Å². The van der Waals surface area contributed by atoms with Gasteiger partial charge in [-0.15, -0.1) is 11.8 Å². The number of thioether (sulfide) groups is 1. The topological polar surface area (TPSA) is 72.5 Å². The van der Waals surface area contributed by atoms with Crippen LogP contribution in [0.3, 0.4) is 0 Å². The van der Waals surface area contributed by atoms with Crippen molar-refractivity contribution in [2.45, 2.75) is 4.90 Å². The van der Waals surface area contributed by atoms with Crippen LogP contribution in [0.25, 0.3) is 0 Å². The van der Waals surface area contributed by atoms with E-state index in [2.05, 4.69) is 15.9 Å². The van der Waals surface area contributed by atoms with Crippen LogP contribution in [0.5, 0.6) is 5.75 Å². The Kier molecular flexibility index (Phi) is 5.52. The molecule has 0 aliphatic carbocycles. The van der Waals surface area contributed by atoms with Gasteiger partial charge in [-0.3, -0.25) is 0 Å². The van der Waals surface area contributed by atoms with E-state index >= 15 is 0 Å². The molecule has 0 radical (unpaired) electrons. The molecule has 0 unspecified atom stereocenters. The number of carboxylic acids is 1. The number of para-hydroxylation sites is 1. The maximum atomic E-state index is 11.1. The standard InChI is InChI=1S/C15H14BrNO3S/c16-10-5-6-12(17)14(9-10)21-8-7-20-13-4-2-1-3-11(13)15(18)19/h1-6,9H,7-8,17H2,(H,18,19). The number of hydrogen-bond acceptors (Lipinski definition) is 4. The van der Waals surface area contributed by atoms with E-state index < -0.39 is 5.97 Å². The van der Waals surface area contributed by atoms with Crippen LogP contribution in [-0.4, -0.2) is 23.4 Å². The van der Waals surface area contributed by atoms with Crippen molar-refractivity contribution in [1.29, 1.82) is 0 Å². The number of carbonyl (C=O) groups is 1. The number of hydrogen-bond donors (Lipinski definition) is 2. The summed E-state index contributed by atoms with van der Waals surface area (Å²) >= 11 is 4.97. The number of nitrogen functional groups attached to an aromatic ring is 1. The molecule has 110 valence electrons. The largest absolute Gasteiger partial charge is 0.492 e. The smallest absolute Gasteiger partial charge is 0.339 e. The number of halogens is 1. The molecule has 0 heterocycles. The van der Waals surface area contributed by atoms with E-state index in [1.54, 1.807) is 30.0 Å². The van der Waals surface area contributed by atoms with Crippen LogP contribution < -0.4 is 10.5 Å². The Hall–Kier alpha value is -1.66. The second-order valence-corrected chi connectivity index (χ2v) is 6.23. The van der Waals surface area contributed by atoms with Crippen molar-refractivity contribution < 1.29 is 14.6 Å². The van der Waals surface area contributed by atoms with Gasteiger partial charge in [0, 0.05) is 20.8 Å². The average molecular weight is 368 g/mol. The van der Waals surface area contributed by atoms with Crippen molar-refractivity contribution in [1.82, 2.24) is 0 Å². The number of benzene rings is 2. The third kappa shape index (κ3) is 4.41. The highest BCUT2D eigenvalue weighted by atomic mass is 79.9. The number of ether oxygens (including phenoxy) is 1.